The predicted octanol–water partition coefficient (Wildman–Crippen LogP) is -0.499. The minimum Gasteiger partial charge on any atom is -0.385 e. The summed E-state index contributed by atoms with van der Waals surface area (Å²) in [5.74, 6) is -0.185. The van der Waals surface area contributed by atoms with Crippen molar-refractivity contribution in [3.05, 3.63) is 0 Å². The first-order valence-corrected chi connectivity index (χ1v) is 4.65. The average Bonchev–Trinajstić information content (AvgIpc) is 2.15. The normalized spacial score (nSPS) is 14.9. The molecule has 0 bridgehead atoms. The Balaban J connectivity index is 3.69. The number of ether oxygens (including phenoxy) is 2. The van der Waals surface area contributed by atoms with Gasteiger partial charge in [0, 0.05) is 26.9 Å². The van der Waals surface area contributed by atoms with Gasteiger partial charge in [0.15, 0.2) is 0 Å². The highest BCUT2D eigenvalue weighted by Gasteiger charge is 2.14. The molecule has 0 aliphatic carbocycles. The maximum absolute atomic E-state index is 11.3. The van der Waals surface area contributed by atoms with Crippen LogP contribution < -0.4 is 11.1 Å². The van der Waals surface area contributed by atoms with E-state index < -0.39 is 6.04 Å². The van der Waals surface area contributed by atoms with Crippen LogP contribution in [0.25, 0.3) is 0 Å². The molecular weight excluding hydrogens is 184 g/mol. The number of hydrogen-bond donors (Lipinski definition) is 2. The van der Waals surface area contributed by atoms with Crippen LogP contribution in [0, 0.1) is 0 Å². The number of carbonyl (C=O) groups excluding carboxylic acids is 1. The summed E-state index contributed by atoms with van der Waals surface area (Å²) in [5.41, 5.74) is 5.54. The molecule has 5 nitrogen and oxygen atoms in total. The molecule has 0 aliphatic heterocycles. The molecule has 0 rings (SSSR count). The summed E-state index contributed by atoms with van der Waals surface area (Å²) in [6.45, 7) is 2.78. The molecule has 0 spiro atoms. The van der Waals surface area contributed by atoms with Crippen LogP contribution in [0.4, 0.5) is 0 Å². The van der Waals surface area contributed by atoms with E-state index in [0.717, 1.165) is 6.42 Å². The number of methoxy groups -OCH3 is 2. The van der Waals surface area contributed by atoms with Crippen LogP contribution in [0.1, 0.15) is 13.3 Å². The van der Waals surface area contributed by atoms with E-state index in [2.05, 4.69) is 5.32 Å². The molecule has 0 fully saturated rings. The highest BCUT2D eigenvalue weighted by atomic mass is 16.5. The Morgan fingerprint density at radius 3 is 2.57 bits per heavy atom. The van der Waals surface area contributed by atoms with Gasteiger partial charge in [-0.15, -0.1) is 0 Å². The largest absolute Gasteiger partial charge is 0.385 e. The molecule has 2 unspecified atom stereocenters. The van der Waals surface area contributed by atoms with E-state index in [1.807, 2.05) is 6.92 Å². The first-order chi connectivity index (χ1) is 6.61. The zero-order chi connectivity index (χ0) is 11.0. The third kappa shape index (κ3) is 5.90. The van der Waals surface area contributed by atoms with Crippen molar-refractivity contribution in [2.45, 2.75) is 25.4 Å². The molecule has 5 heteroatoms. The van der Waals surface area contributed by atoms with Crippen molar-refractivity contribution in [2.75, 3.05) is 27.4 Å². The quantitative estimate of drug-likeness (QED) is 0.586. The van der Waals surface area contributed by atoms with E-state index in [1.54, 1.807) is 7.11 Å². The van der Waals surface area contributed by atoms with E-state index in [9.17, 15) is 4.79 Å². The molecule has 0 aromatic rings. The first kappa shape index (κ1) is 13.4. The second-order valence-electron chi connectivity index (χ2n) is 3.25. The van der Waals surface area contributed by atoms with Gasteiger partial charge in [-0.1, -0.05) is 0 Å². The van der Waals surface area contributed by atoms with Crippen molar-refractivity contribution in [3.63, 3.8) is 0 Å². The monoisotopic (exact) mass is 204 g/mol. The van der Waals surface area contributed by atoms with Gasteiger partial charge in [0.05, 0.1) is 6.61 Å². The van der Waals surface area contributed by atoms with Crippen molar-refractivity contribution in [1.82, 2.24) is 5.32 Å². The van der Waals surface area contributed by atoms with Crippen molar-refractivity contribution in [2.24, 2.45) is 5.73 Å². The van der Waals surface area contributed by atoms with Crippen LogP contribution in [-0.2, 0) is 14.3 Å². The van der Waals surface area contributed by atoms with Crippen molar-refractivity contribution in [1.29, 1.82) is 0 Å². The van der Waals surface area contributed by atoms with Gasteiger partial charge in [0.1, 0.15) is 6.04 Å². The van der Waals surface area contributed by atoms with E-state index in [1.165, 1.54) is 7.11 Å². The zero-order valence-electron chi connectivity index (χ0n) is 9.08. The summed E-state index contributed by atoms with van der Waals surface area (Å²) < 4.78 is 9.67. The van der Waals surface area contributed by atoms with Gasteiger partial charge in [-0.2, -0.15) is 0 Å². The Bertz CT molecular complexity index is 164. The summed E-state index contributed by atoms with van der Waals surface area (Å²) >= 11 is 0. The van der Waals surface area contributed by atoms with Crippen molar-refractivity contribution >= 4 is 5.91 Å². The fourth-order valence-corrected chi connectivity index (χ4v) is 0.972. The van der Waals surface area contributed by atoms with Gasteiger partial charge in [0.2, 0.25) is 5.91 Å². The van der Waals surface area contributed by atoms with E-state index in [-0.39, 0.29) is 18.6 Å². The standard InChI is InChI=1S/C9H20N2O3/c1-7(4-5-13-2)11-9(12)8(10)6-14-3/h7-8H,4-6,10H2,1-3H3,(H,11,12). The molecule has 0 saturated heterocycles. The molecule has 0 radical (unpaired) electrons. The summed E-state index contributed by atoms with van der Waals surface area (Å²) in [5, 5.41) is 2.78. The lowest BCUT2D eigenvalue weighted by molar-refractivity contribution is -0.124. The number of carbonyl (C=O) groups is 1. The Labute approximate surface area is 84.9 Å². The molecular formula is C9H20N2O3. The molecule has 14 heavy (non-hydrogen) atoms. The van der Waals surface area contributed by atoms with Gasteiger partial charge in [0.25, 0.3) is 0 Å². The lowest BCUT2D eigenvalue weighted by Gasteiger charge is -2.16. The highest BCUT2D eigenvalue weighted by Crippen LogP contribution is 1.92. The molecule has 0 saturated carbocycles. The summed E-state index contributed by atoms with van der Waals surface area (Å²) in [7, 11) is 3.15. The number of nitrogens with two attached hydrogens (primary N) is 1. The van der Waals surface area contributed by atoms with E-state index in [0.29, 0.717) is 6.61 Å². The molecule has 1 amide bonds. The maximum atomic E-state index is 11.3. The Hall–Kier alpha value is -0.650. The second kappa shape index (κ2) is 7.73. The minimum absolute atomic E-state index is 0.0744. The summed E-state index contributed by atoms with van der Waals surface area (Å²) in [6, 6.07) is -0.518. The zero-order valence-corrected chi connectivity index (χ0v) is 9.08. The smallest absolute Gasteiger partial charge is 0.239 e. The predicted molar refractivity (Wildman–Crippen MR) is 53.9 cm³/mol. The van der Waals surface area contributed by atoms with E-state index >= 15 is 0 Å². The molecule has 84 valence electrons. The third-order valence-corrected chi connectivity index (χ3v) is 1.83. The second-order valence-corrected chi connectivity index (χ2v) is 3.25. The Morgan fingerprint density at radius 2 is 2.07 bits per heavy atom. The summed E-state index contributed by atoms with van der Waals surface area (Å²) in [4.78, 5) is 11.3. The van der Waals surface area contributed by atoms with Crippen LogP contribution >= 0.6 is 0 Å². The topological polar surface area (TPSA) is 73.6 Å². The lowest BCUT2D eigenvalue weighted by atomic mass is 10.2. The molecule has 0 aromatic carbocycles. The maximum Gasteiger partial charge on any atom is 0.239 e. The SMILES string of the molecule is COCCC(C)NC(=O)C(N)COC. The number of nitrogens with one attached hydrogen (secondary N) is 1. The molecule has 0 aromatic heterocycles. The van der Waals surface area contributed by atoms with Gasteiger partial charge in [-0.05, 0) is 13.3 Å². The van der Waals surface area contributed by atoms with Crippen molar-refractivity contribution in [3.8, 4) is 0 Å². The number of hydrogen-bond acceptors (Lipinski definition) is 4. The highest BCUT2D eigenvalue weighted by molar-refractivity contribution is 5.81. The first-order valence-electron chi connectivity index (χ1n) is 4.65. The van der Waals surface area contributed by atoms with Crippen LogP contribution in [-0.4, -0.2) is 45.4 Å². The Kier molecular flexibility index (Phi) is 7.37. The van der Waals surface area contributed by atoms with Gasteiger partial charge >= 0.3 is 0 Å². The van der Waals surface area contributed by atoms with Crippen LogP contribution in [0.3, 0.4) is 0 Å². The summed E-state index contributed by atoms with van der Waals surface area (Å²) in [6.07, 6.45) is 0.780. The van der Waals surface area contributed by atoms with Crippen LogP contribution in [0.5, 0.6) is 0 Å². The molecule has 0 aliphatic rings. The van der Waals surface area contributed by atoms with Gasteiger partial charge in [-0.3, -0.25) is 4.79 Å². The van der Waals surface area contributed by atoms with Crippen molar-refractivity contribution < 1.29 is 14.3 Å². The molecule has 2 atom stereocenters. The van der Waals surface area contributed by atoms with E-state index in [4.69, 9.17) is 15.2 Å². The molecule has 0 heterocycles. The Morgan fingerprint density at radius 1 is 1.43 bits per heavy atom. The minimum atomic E-state index is -0.593. The van der Waals surface area contributed by atoms with Gasteiger partial charge in [-0.25, -0.2) is 0 Å². The van der Waals surface area contributed by atoms with Crippen LogP contribution in [0.2, 0.25) is 0 Å². The van der Waals surface area contributed by atoms with Gasteiger partial charge < -0.3 is 20.5 Å². The third-order valence-electron chi connectivity index (χ3n) is 1.83. The number of amides is 1. The number of rotatable bonds is 7. The lowest BCUT2D eigenvalue weighted by Crippen LogP contribution is -2.46. The van der Waals surface area contributed by atoms with Crippen LogP contribution in [0.15, 0.2) is 0 Å². The molecule has 3 N–H and O–H groups in total. The average molecular weight is 204 g/mol. The fraction of sp³-hybridized carbons (Fsp3) is 0.889. The fourth-order valence-electron chi connectivity index (χ4n) is 0.972.